The van der Waals surface area contributed by atoms with Gasteiger partial charge in [0.2, 0.25) is 5.88 Å². The first kappa shape index (κ1) is 12.9. The van der Waals surface area contributed by atoms with Crippen molar-refractivity contribution in [3.05, 3.63) is 44.7 Å². The number of Topliss-reactive ketones (excluding diaryl/α,β-unsaturated/α-hetero) is 1. The molecule has 2 heterocycles. The number of carbonyl (C=O) groups is 1. The molecule has 0 amide bonds. The lowest BCUT2D eigenvalue weighted by Gasteiger charge is -2.30. The highest BCUT2D eigenvalue weighted by Crippen LogP contribution is 2.45. The summed E-state index contributed by atoms with van der Waals surface area (Å²) in [6.07, 6.45) is 2.08. The molecule has 3 rings (SSSR count). The predicted molar refractivity (Wildman–Crippen MR) is 75.6 cm³/mol. The molecule has 1 aliphatic heterocycles. The zero-order valence-electron chi connectivity index (χ0n) is 11.1. The number of thiophene rings is 1. The van der Waals surface area contributed by atoms with Crippen LogP contribution in [0.5, 0.6) is 0 Å². The van der Waals surface area contributed by atoms with Crippen LogP contribution < -0.4 is 5.73 Å². The van der Waals surface area contributed by atoms with Crippen LogP contribution in [0.3, 0.4) is 0 Å². The standard InChI is InChI=1S/C15H14N2O2S/c1-8-5-6-20-14(8)12-9-3-2-4-11(18)13(9)19-15(17)10(12)7-16/h5-6,12H,2-4,17H2,1H3. The third-order valence-corrected chi connectivity index (χ3v) is 4.88. The number of nitrogens with two attached hydrogens (primary N) is 1. The summed E-state index contributed by atoms with van der Waals surface area (Å²) in [7, 11) is 0. The Morgan fingerprint density at radius 1 is 1.50 bits per heavy atom. The Kier molecular flexibility index (Phi) is 3.11. The van der Waals surface area contributed by atoms with Crippen molar-refractivity contribution in [3.8, 4) is 6.07 Å². The van der Waals surface area contributed by atoms with E-state index >= 15 is 0 Å². The van der Waals surface area contributed by atoms with Crippen molar-refractivity contribution < 1.29 is 9.53 Å². The molecule has 1 aromatic heterocycles. The second kappa shape index (κ2) is 4.80. The molecule has 0 spiro atoms. The van der Waals surface area contributed by atoms with Crippen LogP contribution in [0.4, 0.5) is 0 Å². The maximum Gasteiger partial charge on any atom is 0.205 e. The van der Waals surface area contributed by atoms with Crippen molar-refractivity contribution in [1.29, 1.82) is 5.26 Å². The lowest BCUT2D eigenvalue weighted by atomic mass is 9.80. The molecule has 4 nitrogen and oxygen atoms in total. The zero-order chi connectivity index (χ0) is 14.3. The van der Waals surface area contributed by atoms with Crippen molar-refractivity contribution in [2.24, 2.45) is 5.73 Å². The van der Waals surface area contributed by atoms with Gasteiger partial charge in [-0.15, -0.1) is 11.3 Å². The maximum absolute atomic E-state index is 12.0. The van der Waals surface area contributed by atoms with Crippen molar-refractivity contribution in [2.75, 3.05) is 0 Å². The van der Waals surface area contributed by atoms with Gasteiger partial charge in [-0.25, -0.2) is 0 Å². The van der Waals surface area contributed by atoms with E-state index < -0.39 is 0 Å². The molecule has 2 aliphatic rings. The van der Waals surface area contributed by atoms with Gasteiger partial charge in [0.1, 0.15) is 11.6 Å². The molecule has 0 aromatic carbocycles. The zero-order valence-corrected chi connectivity index (χ0v) is 11.9. The highest BCUT2D eigenvalue weighted by Gasteiger charge is 2.37. The van der Waals surface area contributed by atoms with Crippen molar-refractivity contribution in [1.82, 2.24) is 0 Å². The van der Waals surface area contributed by atoms with E-state index in [1.807, 2.05) is 18.4 Å². The molecule has 0 saturated carbocycles. The first-order valence-electron chi connectivity index (χ1n) is 6.51. The minimum Gasteiger partial charge on any atom is -0.437 e. The molecule has 1 atom stereocenters. The average molecular weight is 286 g/mol. The Morgan fingerprint density at radius 3 is 2.95 bits per heavy atom. The second-order valence-electron chi connectivity index (χ2n) is 5.02. The summed E-state index contributed by atoms with van der Waals surface area (Å²) in [5.74, 6) is 0.211. The van der Waals surface area contributed by atoms with E-state index in [0.29, 0.717) is 17.8 Å². The molecule has 1 aromatic rings. The number of nitriles is 1. The SMILES string of the molecule is Cc1ccsc1C1C(C#N)=C(N)OC2=C1CCCC2=O. The third kappa shape index (κ3) is 1.84. The van der Waals surface area contributed by atoms with E-state index in [-0.39, 0.29) is 17.6 Å². The van der Waals surface area contributed by atoms with Crippen LogP contribution >= 0.6 is 11.3 Å². The van der Waals surface area contributed by atoms with E-state index in [1.54, 1.807) is 11.3 Å². The van der Waals surface area contributed by atoms with E-state index in [9.17, 15) is 10.1 Å². The Labute approximate surface area is 121 Å². The van der Waals surface area contributed by atoms with Crippen molar-refractivity contribution in [2.45, 2.75) is 32.1 Å². The third-order valence-electron chi connectivity index (χ3n) is 3.79. The molecule has 102 valence electrons. The van der Waals surface area contributed by atoms with Crippen LogP contribution in [0.1, 0.15) is 35.6 Å². The Balaban J connectivity index is 2.20. The topological polar surface area (TPSA) is 76.1 Å². The Morgan fingerprint density at radius 2 is 2.30 bits per heavy atom. The van der Waals surface area contributed by atoms with Gasteiger partial charge in [-0.3, -0.25) is 4.79 Å². The van der Waals surface area contributed by atoms with Crippen LogP contribution in [0.2, 0.25) is 0 Å². The highest BCUT2D eigenvalue weighted by molar-refractivity contribution is 7.10. The molecule has 0 bridgehead atoms. The van der Waals surface area contributed by atoms with Gasteiger partial charge in [-0.1, -0.05) is 0 Å². The fourth-order valence-corrected chi connectivity index (χ4v) is 3.88. The lowest BCUT2D eigenvalue weighted by Crippen LogP contribution is -2.26. The van der Waals surface area contributed by atoms with E-state index in [4.69, 9.17) is 10.5 Å². The summed E-state index contributed by atoms with van der Waals surface area (Å²) in [6, 6.07) is 4.18. The smallest absolute Gasteiger partial charge is 0.205 e. The molecule has 0 saturated heterocycles. The highest BCUT2D eigenvalue weighted by atomic mass is 32.1. The Bertz CT molecular complexity index is 691. The minimum atomic E-state index is -0.215. The molecule has 1 unspecified atom stereocenters. The van der Waals surface area contributed by atoms with Gasteiger partial charge in [-0.05, 0) is 42.3 Å². The summed E-state index contributed by atoms with van der Waals surface area (Å²) in [5.41, 5.74) is 8.31. The molecule has 0 fully saturated rings. The van der Waals surface area contributed by atoms with Crippen LogP contribution in [-0.2, 0) is 9.53 Å². The minimum absolute atomic E-state index is 0.00889. The van der Waals surface area contributed by atoms with Gasteiger partial charge in [0.05, 0.1) is 5.92 Å². The molecule has 2 N–H and O–H groups in total. The summed E-state index contributed by atoms with van der Waals surface area (Å²) in [5, 5.41) is 11.4. The van der Waals surface area contributed by atoms with Gasteiger partial charge in [0.15, 0.2) is 11.5 Å². The monoisotopic (exact) mass is 286 g/mol. The number of carbonyl (C=O) groups excluding carboxylic acids is 1. The normalized spacial score (nSPS) is 22.4. The second-order valence-corrected chi connectivity index (χ2v) is 5.97. The molecule has 5 heteroatoms. The summed E-state index contributed by atoms with van der Waals surface area (Å²) < 4.78 is 5.44. The summed E-state index contributed by atoms with van der Waals surface area (Å²) >= 11 is 1.59. The Hall–Kier alpha value is -2.06. The van der Waals surface area contributed by atoms with Gasteiger partial charge in [-0.2, -0.15) is 5.26 Å². The van der Waals surface area contributed by atoms with Gasteiger partial charge in [0, 0.05) is 11.3 Å². The number of hydrogen-bond donors (Lipinski definition) is 1. The number of ketones is 1. The number of rotatable bonds is 1. The van der Waals surface area contributed by atoms with Crippen LogP contribution in [0, 0.1) is 18.3 Å². The molecule has 1 aliphatic carbocycles. The molecule has 20 heavy (non-hydrogen) atoms. The first-order valence-corrected chi connectivity index (χ1v) is 7.39. The number of allylic oxidation sites excluding steroid dienone is 3. The lowest BCUT2D eigenvalue weighted by molar-refractivity contribution is -0.119. The number of ether oxygens (including phenoxy) is 1. The largest absolute Gasteiger partial charge is 0.437 e. The van der Waals surface area contributed by atoms with Gasteiger partial charge < -0.3 is 10.5 Å². The number of aryl methyl sites for hydroxylation is 1. The van der Waals surface area contributed by atoms with Gasteiger partial charge >= 0.3 is 0 Å². The fraction of sp³-hybridized carbons (Fsp3) is 0.333. The van der Waals surface area contributed by atoms with Gasteiger partial charge in [0.25, 0.3) is 0 Å². The van der Waals surface area contributed by atoms with Crippen molar-refractivity contribution in [3.63, 3.8) is 0 Å². The van der Waals surface area contributed by atoms with Crippen LogP contribution in [0.25, 0.3) is 0 Å². The van der Waals surface area contributed by atoms with E-state index in [0.717, 1.165) is 28.9 Å². The van der Waals surface area contributed by atoms with E-state index in [2.05, 4.69) is 6.07 Å². The number of hydrogen-bond acceptors (Lipinski definition) is 5. The number of nitrogens with zero attached hydrogens (tertiary/aromatic N) is 1. The molecular weight excluding hydrogens is 272 g/mol. The summed E-state index contributed by atoms with van der Waals surface area (Å²) in [4.78, 5) is 13.1. The van der Waals surface area contributed by atoms with Crippen LogP contribution in [-0.4, -0.2) is 5.78 Å². The summed E-state index contributed by atoms with van der Waals surface area (Å²) in [6.45, 7) is 2.01. The quantitative estimate of drug-likeness (QED) is 0.861. The average Bonchev–Trinajstić information content (AvgIpc) is 2.84. The van der Waals surface area contributed by atoms with Crippen LogP contribution in [0.15, 0.2) is 34.2 Å². The first-order chi connectivity index (χ1) is 9.63. The van der Waals surface area contributed by atoms with Crippen molar-refractivity contribution >= 4 is 17.1 Å². The maximum atomic E-state index is 12.0. The molecule has 0 radical (unpaired) electrons. The van der Waals surface area contributed by atoms with E-state index in [1.165, 1.54) is 0 Å². The fourth-order valence-electron chi connectivity index (χ4n) is 2.81. The molecular formula is C15H14N2O2S. The predicted octanol–water partition coefficient (Wildman–Crippen LogP) is 2.87.